The van der Waals surface area contributed by atoms with Crippen molar-refractivity contribution in [3.8, 4) is 0 Å². The summed E-state index contributed by atoms with van der Waals surface area (Å²) in [7, 11) is 3.31. The van der Waals surface area contributed by atoms with E-state index in [1.54, 1.807) is 42.3 Å². The van der Waals surface area contributed by atoms with Gasteiger partial charge in [-0.05, 0) is 42.8 Å². The number of ether oxygens (including phenoxy) is 1. The van der Waals surface area contributed by atoms with Crippen LogP contribution in [0, 0.1) is 0 Å². The molecule has 0 spiro atoms. The van der Waals surface area contributed by atoms with E-state index in [0.717, 1.165) is 24.3 Å². The molecule has 7 heteroatoms. The van der Waals surface area contributed by atoms with E-state index < -0.39 is 0 Å². The molecule has 1 aliphatic heterocycles. The molecule has 27 heavy (non-hydrogen) atoms. The monoisotopic (exact) mass is 368 g/mol. The van der Waals surface area contributed by atoms with E-state index in [4.69, 9.17) is 4.74 Å². The molecule has 0 radical (unpaired) electrons. The lowest BCUT2D eigenvalue weighted by Gasteiger charge is -2.27. The maximum absolute atomic E-state index is 12.7. The standard InChI is InChI=1S/C20H24N4O3/c1-23(18(14-27-2)17-6-3-4-12-21-17)20(26)22-15-8-10-16(11-9-15)24-13-5-7-19(24)25/h3-4,6,8-12,18H,5,7,13-14H2,1-2H3,(H,22,26). The molecule has 1 aliphatic rings. The van der Waals surface area contributed by atoms with E-state index >= 15 is 0 Å². The Morgan fingerprint density at radius 1 is 1.30 bits per heavy atom. The van der Waals surface area contributed by atoms with Gasteiger partial charge in [0.25, 0.3) is 0 Å². The highest BCUT2D eigenvalue weighted by molar-refractivity contribution is 5.96. The molecule has 142 valence electrons. The zero-order chi connectivity index (χ0) is 19.2. The van der Waals surface area contributed by atoms with Gasteiger partial charge in [0.15, 0.2) is 0 Å². The molecule has 7 nitrogen and oxygen atoms in total. The van der Waals surface area contributed by atoms with Crippen LogP contribution >= 0.6 is 0 Å². The molecule has 0 bridgehead atoms. The van der Waals surface area contributed by atoms with Crippen LogP contribution in [0.5, 0.6) is 0 Å². The number of urea groups is 1. The minimum atomic E-state index is -0.294. The Bertz CT molecular complexity index is 780. The lowest BCUT2D eigenvalue weighted by molar-refractivity contribution is -0.117. The van der Waals surface area contributed by atoms with E-state index in [9.17, 15) is 9.59 Å². The van der Waals surface area contributed by atoms with Crippen molar-refractivity contribution in [2.24, 2.45) is 0 Å². The Labute approximate surface area is 158 Å². The number of methoxy groups -OCH3 is 1. The van der Waals surface area contributed by atoms with Gasteiger partial charge in [-0.2, -0.15) is 0 Å². The molecular formula is C20H24N4O3. The molecule has 1 saturated heterocycles. The van der Waals surface area contributed by atoms with Crippen LogP contribution in [-0.4, -0.2) is 49.1 Å². The molecule has 3 amide bonds. The third-order valence-corrected chi connectivity index (χ3v) is 4.65. The predicted octanol–water partition coefficient (Wildman–Crippen LogP) is 3.06. The fraction of sp³-hybridized carbons (Fsp3) is 0.350. The molecule has 1 N–H and O–H groups in total. The van der Waals surface area contributed by atoms with Crippen LogP contribution in [0.15, 0.2) is 48.7 Å². The maximum Gasteiger partial charge on any atom is 0.322 e. The number of benzene rings is 1. The number of hydrogen-bond donors (Lipinski definition) is 1. The van der Waals surface area contributed by atoms with Crippen LogP contribution in [-0.2, 0) is 9.53 Å². The van der Waals surface area contributed by atoms with Crippen molar-refractivity contribution in [1.82, 2.24) is 9.88 Å². The zero-order valence-corrected chi connectivity index (χ0v) is 15.6. The first-order chi connectivity index (χ1) is 13.1. The van der Waals surface area contributed by atoms with Crippen molar-refractivity contribution in [1.29, 1.82) is 0 Å². The van der Waals surface area contributed by atoms with Crippen LogP contribution in [0.1, 0.15) is 24.6 Å². The van der Waals surface area contributed by atoms with Crippen molar-refractivity contribution >= 4 is 23.3 Å². The minimum Gasteiger partial charge on any atom is -0.382 e. The Balaban J connectivity index is 1.67. The van der Waals surface area contributed by atoms with E-state index in [-0.39, 0.29) is 18.0 Å². The fourth-order valence-electron chi connectivity index (χ4n) is 3.13. The molecule has 1 atom stereocenters. The highest BCUT2D eigenvalue weighted by Crippen LogP contribution is 2.24. The van der Waals surface area contributed by atoms with Gasteiger partial charge in [-0.15, -0.1) is 0 Å². The molecule has 1 aromatic heterocycles. The second kappa shape index (κ2) is 8.64. The summed E-state index contributed by atoms with van der Waals surface area (Å²) in [5.74, 6) is 0.143. The number of nitrogens with one attached hydrogen (secondary N) is 1. The molecule has 2 heterocycles. The average Bonchev–Trinajstić information content (AvgIpc) is 3.13. The van der Waals surface area contributed by atoms with Gasteiger partial charge >= 0.3 is 6.03 Å². The van der Waals surface area contributed by atoms with Crippen molar-refractivity contribution < 1.29 is 14.3 Å². The summed E-state index contributed by atoms with van der Waals surface area (Å²) < 4.78 is 5.26. The Morgan fingerprint density at radius 2 is 2.07 bits per heavy atom. The molecule has 0 saturated carbocycles. The van der Waals surface area contributed by atoms with Crippen LogP contribution < -0.4 is 10.2 Å². The van der Waals surface area contributed by atoms with Gasteiger partial charge in [-0.1, -0.05) is 6.07 Å². The molecule has 3 rings (SSSR count). The van der Waals surface area contributed by atoms with Gasteiger partial charge in [-0.3, -0.25) is 9.78 Å². The number of carbonyl (C=O) groups excluding carboxylic acids is 2. The first kappa shape index (κ1) is 18.8. The van der Waals surface area contributed by atoms with Crippen molar-refractivity contribution in [3.05, 3.63) is 54.4 Å². The SMILES string of the molecule is COCC(c1ccccn1)N(C)C(=O)Nc1ccc(N2CCCC2=O)cc1. The van der Waals surface area contributed by atoms with Crippen LogP contribution in [0.3, 0.4) is 0 Å². The lowest BCUT2D eigenvalue weighted by Crippen LogP contribution is -2.37. The minimum absolute atomic E-state index is 0.143. The summed E-state index contributed by atoms with van der Waals surface area (Å²) >= 11 is 0. The summed E-state index contributed by atoms with van der Waals surface area (Å²) in [4.78, 5) is 32.2. The summed E-state index contributed by atoms with van der Waals surface area (Å²) in [6.07, 6.45) is 3.18. The number of likely N-dealkylation sites (N-methyl/N-ethyl adjacent to an activating group) is 1. The fourth-order valence-corrected chi connectivity index (χ4v) is 3.13. The Kier molecular flexibility index (Phi) is 6.03. The first-order valence-electron chi connectivity index (χ1n) is 8.94. The van der Waals surface area contributed by atoms with Crippen molar-refractivity contribution in [3.63, 3.8) is 0 Å². The smallest absolute Gasteiger partial charge is 0.322 e. The second-order valence-corrected chi connectivity index (χ2v) is 6.46. The Morgan fingerprint density at radius 3 is 2.67 bits per heavy atom. The number of aromatic nitrogens is 1. The van der Waals surface area contributed by atoms with Gasteiger partial charge in [0.05, 0.1) is 18.3 Å². The van der Waals surface area contributed by atoms with Gasteiger partial charge in [0.2, 0.25) is 5.91 Å². The van der Waals surface area contributed by atoms with E-state index in [2.05, 4.69) is 10.3 Å². The quantitative estimate of drug-likeness (QED) is 0.850. The van der Waals surface area contributed by atoms with Gasteiger partial charge < -0.3 is 19.9 Å². The number of hydrogen-bond acceptors (Lipinski definition) is 4. The van der Waals surface area contributed by atoms with E-state index in [0.29, 0.717) is 18.7 Å². The summed E-state index contributed by atoms with van der Waals surface area (Å²) in [5.41, 5.74) is 2.29. The molecule has 1 aromatic carbocycles. The zero-order valence-electron chi connectivity index (χ0n) is 15.6. The molecule has 0 aliphatic carbocycles. The number of amides is 3. The lowest BCUT2D eigenvalue weighted by atomic mass is 10.2. The molecular weight excluding hydrogens is 344 g/mol. The third kappa shape index (κ3) is 4.43. The molecule has 2 aromatic rings. The third-order valence-electron chi connectivity index (χ3n) is 4.65. The highest BCUT2D eigenvalue weighted by atomic mass is 16.5. The van der Waals surface area contributed by atoms with Crippen LogP contribution in [0.4, 0.5) is 16.2 Å². The number of rotatable bonds is 6. The van der Waals surface area contributed by atoms with E-state index in [1.807, 2.05) is 30.3 Å². The topological polar surface area (TPSA) is 74.8 Å². The molecule has 1 fully saturated rings. The first-order valence-corrected chi connectivity index (χ1v) is 8.94. The largest absolute Gasteiger partial charge is 0.382 e. The predicted molar refractivity (Wildman–Crippen MR) is 104 cm³/mol. The number of nitrogens with zero attached hydrogens (tertiary/aromatic N) is 3. The van der Waals surface area contributed by atoms with Gasteiger partial charge in [0, 0.05) is 44.7 Å². The molecule has 1 unspecified atom stereocenters. The van der Waals surface area contributed by atoms with Crippen molar-refractivity contribution in [2.45, 2.75) is 18.9 Å². The summed E-state index contributed by atoms with van der Waals surface area (Å²) in [5, 5.41) is 2.88. The second-order valence-electron chi connectivity index (χ2n) is 6.46. The summed E-state index contributed by atoms with van der Waals surface area (Å²) in [6.45, 7) is 1.09. The van der Waals surface area contributed by atoms with Gasteiger partial charge in [0.1, 0.15) is 0 Å². The summed E-state index contributed by atoms with van der Waals surface area (Å²) in [6, 6.07) is 12.3. The van der Waals surface area contributed by atoms with Gasteiger partial charge in [-0.25, -0.2) is 4.79 Å². The van der Waals surface area contributed by atoms with Crippen LogP contribution in [0.25, 0.3) is 0 Å². The Hall–Kier alpha value is -2.93. The number of carbonyl (C=O) groups is 2. The highest BCUT2D eigenvalue weighted by Gasteiger charge is 2.24. The van der Waals surface area contributed by atoms with Crippen molar-refractivity contribution in [2.75, 3.05) is 37.5 Å². The number of pyridine rings is 1. The number of anilines is 2. The van der Waals surface area contributed by atoms with E-state index in [1.165, 1.54) is 0 Å². The van der Waals surface area contributed by atoms with Crippen LogP contribution in [0.2, 0.25) is 0 Å². The maximum atomic E-state index is 12.7. The average molecular weight is 368 g/mol. The normalized spacial score (nSPS) is 14.9.